The molecule has 0 aliphatic heterocycles. The van der Waals surface area contributed by atoms with E-state index in [1.165, 1.54) is 5.56 Å². The van der Waals surface area contributed by atoms with E-state index in [9.17, 15) is 9.90 Å². The van der Waals surface area contributed by atoms with E-state index in [-0.39, 0.29) is 11.7 Å². The Morgan fingerprint density at radius 1 is 1.21 bits per heavy atom. The summed E-state index contributed by atoms with van der Waals surface area (Å²) in [6.45, 7) is 0. The molecule has 0 radical (unpaired) electrons. The molecule has 1 aromatic carbocycles. The monoisotopic (exact) mass is 190 g/mol. The summed E-state index contributed by atoms with van der Waals surface area (Å²) < 4.78 is 0. The maximum atomic E-state index is 11.5. The Bertz CT molecular complexity index is 318. The number of benzene rings is 1. The number of carbonyl (C=O) groups excluding carboxylic acids is 1. The van der Waals surface area contributed by atoms with Gasteiger partial charge in [-0.15, -0.1) is 0 Å². The van der Waals surface area contributed by atoms with Crippen LogP contribution in [0, 0.1) is 5.92 Å². The summed E-state index contributed by atoms with van der Waals surface area (Å²) in [6, 6.07) is 9.97. The minimum absolute atomic E-state index is 0.0221. The maximum absolute atomic E-state index is 11.5. The highest BCUT2D eigenvalue weighted by Gasteiger charge is 2.32. The lowest BCUT2D eigenvalue weighted by Crippen LogP contribution is -2.19. The highest BCUT2D eigenvalue weighted by molar-refractivity contribution is 5.87. The lowest BCUT2D eigenvalue weighted by Gasteiger charge is -2.07. The van der Waals surface area contributed by atoms with Crippen molar-refractivity contribution >= 4 is 5.78 Å². The van der Waals surface area contributed by atoms with Crippen molar-refractivity contribution in [1.82, 2.24) is 0 Å². The minimum Gasteiger partial charge on any atom is -0.385 e. The van der Waals surface area contributed by atoms with Gasteiger partial charge in [-0.1, -0.05) is 30.3 Å². The van der Waals surface area contributed by atoms with Gasteiger partial charge in [-0.2, -0.15) is 0 Å². The number of aliphatic hydroxyl groups is 1. The third kappa shape index (κ3) is 1.85. The molecule has 1 aromatic rings. The van der Waals surface area contributed by atoms with Gasteiger partial charge in [0.15, 0.2) is 5.78 Å². The smallest absolute Gasteiger partial charge is 0.164 e. The average Bonchev–Trinajstić information content (AvgIpc) is 2.52. The second-order valence-electron chi connectivity index (χ2n) is 3.88. The van der Waals surface area contributed by atoms with Crippen LogP contribution in [-0.4, -0.2) is 17.0 Å². The SMILES string of the molecule is O=C1[C@H](Cc2ccccc2)CC[C@@H]1O. The molecule has 2 nitrogen and oxygen atoms in total. The van der Waals surface area contributed by atoms with Gasteiger partial charge in [-0.05, 0) is 24.8 Å². The summed E-state index contributed by atoms with van der Waals surface area (Å²) in [4.78, 5) is 11.5. The van der Waals surface area contributed by atoms with Gasteiger partial charge < -0.3 is 5.11 Å². The van der Waals surface area contributed by atoms with Crippen molar-refractivity contribution < 1.29 is 9.90 Å². The van der Waals surface area contributed by atoms with Crippen molar-refractivity contribution in [1.29, 1.82) is 0 Å². The first-order chi connectivity index (χ1) is 6.77. The van der Waals surface area contributed by atoms with Crippen molar-refractivity contribution in [3.63, 3.8) is 0 Å². The molecule has 0 spiro atoms. The van der Waals surface area contributed by atoms with Crippen LogP contribution in [0.1, 0.15) is 18.4 Å². The van der Waals surface area contributed by atoms with E-state index in [0.29, 0.717) is 6.42 Å². The van der Waals surface area contributed by atoms with E-state index in [1.54, 1.807) is 0 Å². The highest BCUT2D eigenvalue weighted by Crippen LogP contribution is 2.25. The zero-order valence-corrected chi connectivity index (χ0v) is 8.02. The van der Waals surface area contributed by atoms with Crippen molar-refractivity contribution in [2.45, 2.75) is 25.4 Å². The average molecular weight is 190 g/mol. The van der Waals surface area contributed by atoms with Crippen LogP contribution in [0.2, 0.25) is 0 Å². The largest absolute Gasteiger partial charge is 0.385 e. The summed E-state index contributed by atoms with van der Waals surface area (Å²) in [5.74, 6) is 0.0567. The Hall–Kier alpha value is -1.15. The predicted octanol–water partition coefficient (Wildman–Crippen LogP) is 1.57. The molecule has 2 rings (SSSR count). The van der Waals surface area contributed by atoms with Crippen molar-refractivity contribution in [2.24, 2.45) is 5.92 Å². The van der Waals surface area contributed by atoms with Gasteiger partial charge in [0.2, 0.25) is 0 Å². The molecule has 1 aliphatic carbocycles. The third-order valence-corrected chi connectivity index (χ3v) is 2.84. The van der Waals surface area contributed by atoms with Gasteiger partial charge in [0, 0.05) is 5.92 Å². The van der Waals surface area contributed by atoms with Crippen LogP contribution in [0.3, 0.4) is 0 Å². The number of carbonyl (C=O) groups is 1. The molecular weight excluding hydrogens is 176 g/mol. The van der Waals surface area contributed by atoms with Gasteiger partial charge in [0.25, 0.3) is 0 Å². The fourth-order valence-corrected chi connectivity index (χ4v) is 2.02. The van der Waals surface area contributed by atoms with E-state index < -0.39 is 6.10 Å². The summed E-state index contributed by atoms with van der Waals surface area (Å²) in [5, 5.41) is 9.30. The zero-order chi connectivity index (χ0) is 9.97. The number of Topliss-reactive ketones (excluding diaryl/α,β-unsaturated/α-hetero) is 1. The molecule has 2 heteroatoms. The summed E-state index contributed by atoms with van der Waals surface area (Å²) in [7, 11) is 0. The van der Waals surface area contributed by atoms with E-state index >= 15 is 0 Å². The maximum Gasteiger partial charge on any atom is 0.164 e. The van der Waals surface area contributed by atoms with Gasteiger partial charge in [0.1, 0.15) is 6.10 Å². The Balaban J connectivity index is 2.02. The van der Waals surface area contributed by atoms with Crippen LogP contribution >= 0.6 is 0 Å². The summed E-state index contributed by atoms with van der Waals surface area (Å²) in [5.41, 5.74) is 1.18. The second-order valence-corrected chi connectivity index (χ2v) is 3.88. The standard InChI is InChI=1S/C12H14O2/c13-11-7-6-10(12(11)14)8-9-4-2-1-3-5-9/h1-5,10-11,13H,6-8H2/t10-,11-/m0/s1. The molecule has 0 unspecified atom stereocenters. The summed E-state index contributed by atoms with van der Waals surface area (Å²) in [6.07, 6.45) is 1.53. The highest BCUT2D eigenvalue weighted by atomic mass is 16.3. The lowest BCUT2D eigenvalue weighted by molar-refractivity contribution is -0.127. The van der Waals surface area contributed by atoms with Gasteiger partial charge in [-0.3, -0.25) is 4.79 Å². The number of aliphatic hydroxyl groups excluding tert-OH is 1. The molecule has 1 N–H and O–H groups in total. The molecule has 0 heterocycles. The first-order valence-electron chi connectivity index (χ1n) is 5.03. The first-order valence-corrected chi connectivity index (χ1v) is 5.03. The number of hydrogen-bond acceptors (Lipinski definition) is 2. The van der Waals surface area contributed by atoms with Crippen molar-refractivity contribution in [3.05, 3.63) is 35.9 Å². The fourth-order valence-electron chi connectivity index (χ4n) is 2.02. The fraction of sp³-hybridized carbons (Fsp3) is 0.417. The third-order valence-electron chi connectivity index (χ3n) is 2.84. The molecule has 0 bridgehead atoms. The van der Waals surface area contributed by atoms with E-state index in [2.05, 4.69) is 0 Å². The molecule has 0 saturated heterocycles. The lowest BCUT2D eigenvalue weighted by atomic mass is 9.97. The molecule has 74 valence electrons. The van der Waals surface area contributed by atoms with Gasteiger partial charge in [0.05, 0.1) is 0 Å². The van der Waals surface area contributed by atoms with Crippen LogP contribution in [0.25, 0.3) is 0 Å². The molecule has 2 atom stereocenters. The molecule has 1 fully saturated rings. The number of rotatable bonds is 2. The number of ketones is 1. The van der Waals surface area contributed by atoms with E-state index in [0.717, 1.165) is 12.8 Å². The van der Waals surface area contributed by atoms with Crippen LogP contribution in [0.5, 0.6) is 0 Å². The van der Waals surface area contributed by atoms with Crippen LogP contribution in [0.15, 0.2) is 30.3 Å². The number of hydrogen-bond donors (Lipinski definition) is 1. The Labute approximate surface area is 83.6 Å². The van der Waals surface area contributed by atoms with Gasteiger partial charge >= 0.3 is 0 Å². The molecule has 0 aromatic heterocycles. The Morgan fingerprint density at radius 3 is 2.50 bits per heavy atom. The van der Waals surface area contributed by atoms with Crippen molar-refractivity contribution in [2.75, 3.05) is 0 Å². The quantitative estimate of drug-likeness (QED) is 0.768. The summed E-state index contributed by atoms with van der Waals surface area (Å²) >= 11 is 0. The second kappa shape index (κ2) is 3.93. The van der Waals surface area contributed by atoms with Gasteiger partial charge in [-0.25, -0.2) is 0 Å². The Kier molecular flexibility index (Phi) is 2.64. The Morgan fingerprint density at radius 2 is 1.93 bits per heavy atom. The minimum atomic E-state index is -0.705. The van der Waals surface area contributed by atoms with Crippen LogP contribution in [-0.2, 0) is 11.2 Å². The van der Waals surface area contributed by atoms with Crippen LogP contribution < -0.4 is 0 Å². The topological polar surface area (TPSA) is 37.3 Å². The zero-order valence-electron chi connectivity index (χ0n) is 8.02. The molecule has 14 heavy (non-hydrogen) atoms. The predicted molar refractivity (Wildman–Crippen MR) is 53.9 cm³/mol. The molecular formula is C12H14O2. The molecule has 0 amide bonds. The molecule has 1 aliphatic rings. The van der Waals surface area contributed by atoms with Crippen LogP contribution in [0.4, 0.5) is 0 Å². The molecule has 1 saturated carbocycles. The first kappa shape index (κ1) is 9.41. The van der Waals surface area contributed by atoms with E-state index in [4.69, 9.17) is 0 Å². The van der Waals surface area contributed by atoms with E-state index in [1.807, 2.05) is 30.3 Å². The van der Waals surface area contributed by atoms with Crippen molar-refractivity contribution in [3.8, 4) is 0 Å². The normalized spacial score (nSPS) is 26.8.